The van der Waals surface area contributed by atoms with Gasteiger partial charge in [0.15, 0.2) is 0 Å². The molecule has 0 radical (unpaired) electrons. The lowest BCUT2D eigenvalue weighted by Crippen LogP contribution is -2.25. The zero-order chi connectivity index (χ0) is 21.6. The van der Waals surface area contributed by atoms with Crippen LogP contribution in [-0.4, -0.2) is 21.6 Å². The summed E-state index contributed by atoms with van der Waals surface area (Å²) in [6, 6.07) is 21.9. The van der Waals surface area contributed by atoms with Crippen LogP contribution < -0.4 is 10.1 Å². The number of carbonyl (C=O) groups excluding carboxylic acids is 1. The second kappa shape index (κ2) is 9.47. The van der Waals surface area contributed by atoms with Crippen molar-refractivity contribution in [3.63, 3.8) is 0 Å². The van der Waals surface area contributed by atoms with Gasteiger partial charge in [-0.2, -0.15) is 0 Å². The molecule has 4 rings (SSSR count). The van der Waals surface area contributed by atoms with Gasteiger partial charge in [0.2, 0.25) is 0 Å². The van der Waals surface area contributed by atoms with E-state index in [1.165, 1.54) is 0 Å². The van der Waals surface area contributed by atoms with Crippen LogP contribution in [0.5, 0.6) is 5.75 Å². The predicted octanol–water partition coefficient (Wildman–Crippen LogP) is 5.19. The highest BCUT2D eigenvalue weighted by Gasteiger charge is 2.19. The molecule has 0 aliphatic heterocycles. The number of ether oxygens (including phenoxy) is 1. The Hall–Kier alpha value is -3.60. The molecule has 2 heterocycles. The van der Waals surface area contributed by atoms with Crippen LogP contribution in [0, 0.1) is 0 Å². The molecule has 1 N–H and O–H groups in total. The number of aromatic nitrogens is 2. The number of rotatable bonds is 8. The lowest BCUT2D eigenvalue weighted by Gasteiger charge is -2.14. The highest BCUT2D eigenvalue weighted by atomic mass is 16.5. The largest absolute Gasteiger partial charge is 0.490 e. The maximum atomic E-state index is 13.2. The third-order valence-electron chi connectivity index (χ3n) is 5.43. The van der Waals surface area contributed by atoms with E-state index >= 15 is 0 Å². The minimum atomic E-state index is -0.113. The Labute approximate surface area is 182 Å². The first-order chi connectivity index (χ1) is 15.2. The third kappa shape index (κ3) is 4.77. The summed E-state index contributed by atoms with van der Waals surface area (Å²) in [6.45, 7) is 5.21. The van der Waals surface area contributed by atoms with Crippen molar-refractivity contribution in [2.45, 2.75) is 39.5 Å². The van der Waals surface area contributed by atoms with Crippen LogP contribution in [0.15, 0.2) is 79.1 Å². The molecule has 0 saturated heterocycles. The van der Waals surface area contributed by atoms with Crippen molar-refractivity contribution in [1.82, 2.24) is 14.9 Å². The van der Waals surface area contributed by atoms with E-state index in [9.17, 15) is 4.79 Å². The molecular weight excluding hydrogens is 386 g/mol. The first-order valence-electron chi connectivity index (χ1n) is 10.7. The van der Waals surface area contributed by atoms with Crippen LogP contribution in [-0.2, 0) is 13.1 Å². The number of pyridine rings is 1. The number of hydrogen-bond acceptors (Lipinski definition) is 3. The topological polar surface area (TPSA) is 56.1 Å². The monoisotopic (exact) mass is 413 g/mol. The number of benzene rings is 2. The van der Waals surface area contributed by atoms with Crippen molar-refractivity contribution in [1.29, 1.82) is 0 Å². The molecule has 0 spiro atoms. The van der Waals surface area contributed by atoms with Gasteiger partial charge >= 0.3 is 0 Å². The first kappa shape index (κ1) is 20.7. The molecule has 0 fully saturated rings. The number of carbonyl (C=O) groups is 1. The maximum absolute atomic E-state index is 13.2. The quantitative estimate of drug-likeness (QED) is 0.432. The highest BCUT2D eigenvalue weighted by Crippen LogP contribution is 2.31. The van der Waals surface area contributed by atoms with E-state index in [-0.39, 0.29) is 12.0 Å². The molecule has 5 nitrogen and oxygen atoms in total. The first-order valence-corrected chi connectivity index (χ1v) is 10.7. The normalized spacial score (nSPS) is 11.9. The van der Waals surface area contributed by atoms with Crippen LogP contribution in [0.4, 0.5) is 0 Å². The van der Waals surface area contributed by atoms with E-state index in [0.717, 1.165) is 34.2 Å². The molecule has 2 aromatic heterocycles. The van der Waals surface area contributed by atoms with E-state index < -0.39 is 0 Å². The smallest absolute Gasteiger partial charge is 0.268 e. The minimum absolute atomic E-state index is 0.104. The van der Waals surface area contributed by atoms with E-state index in [1.807, 2.05) is 54.6 Å². The van der Waals surface area contributed by atoms with Crippen molar-refractivity contribution in [2.75, 3.05) is 0 Å². The molecule has 31 heavy (non-hydrogen) atoms. The number of nitrogens with zero attached hydrogens (tertiary/aromatic N) is 2. The molecule has 1 atom stereocenters. The number of hydrogen-bond donors (Lipinski definition) is 1. The third-order valence-corrected chi connectivity index (χ3v) is 5.43. The second-order valence-electron chi connectivity index (χ2n) is 7.67. The van der Waals surface area contributed by atoms with Gasteiger partial charge in [0, 0.05) is 30.9 Å². The molecule has 4 aromatic rings. The maximum Gasteiger partial charge on any atom is 0.268 e. The Bertz CT molecular complexity index is 1150. The van der Waals surface area contributed by atoms with Crippen LogP contribution in [0.25, 0.3) is 10.9 Å². The van der Waals surface area contributed by atoms with Gasteiger partial charge in [-0.3, -0.25) is 9.78 Å². The van der Waals surface area contributed by atoms with Gasteiger partial charge in [-0.05, 0) is 54.8 Å². The van der Waals surface area contributed by atoms with Gasteiger partial charge in [0.1, 0.15) is 11.4 Å². The molecule has 158 valence electrons. The summed E-state index contributed by atoms with van der Waals surface area (Å²) in [7, 11) is 0. The SMILES string of the molecule is CC[C@H](C)Oc1cccc2c1cc(C(=O)NCc1ccncc1)n2Cc1ccccc1. The van der Waals surface area contributed by atoms with Gasteiger partial charge < -0.3 is 14.6 Å². The van der Waals surface area contributed by atoms with E-state index in [1.54, 1.807) is 12.4 Å². The van der Waals surface area contributed by atoms with Gasteiger partial charge in [-0.1, -0.05) is 43.3 Å². The van der Waals surface area contributed by atoms with Gasteiger partial charge in [0.05, 0.1) is 11.6 Å². The van der Waals surface area contributed by atoms with Crippen molar-refractivity contribution < 1.29 is 9.53 Å². The molecule has 0 aliphatic carbocycles. The average Bonchev–Trinajstić information content (AvgIpc) is 3.18. The predicted molar refractivity (Wildman–Crippen MR) is 123 cm³/mol. The summed E-state index contributed by atoms with van der Waals surface area (Å²) in [5.74, 6) is 0.695. The molecule has 5 heteroatoms. The number of fused-ring (bicyclic) bond motifs is 1. The van der Waals surface area contributed by atoms with Gasteiger partial charge in [0.25, 0.3) is 5.91 Å². The number of nitrogens with one attached hydrogen (secondary N) is 1. The molecule has 1 amide bonds. The zero-order valence-corrected chi connectivity index (χ0v) is 17.9. The van der Waals surface area contributed by atoms with E-state index in [2.05, 4.69) is 40.8 Å². The standard InChI is InChI=1S/C26H27N3O2/c1-3-19(2)31-25-11-7-10-23-22(25)16-24(29(23)18-21-8-5-4-6-9-21)26(30)28-17-20-12-14-27-15-13-20/h4-16,19H,3,17-18H2,1-2H3,(H,28,30)/t19-/m0/s1. The Morgan fingerprint density at radius 2 is 1.81 bits per heavy atom. The molecular formula is C26H27N3O2. The van der Waals surface area contributed by atoms with Crippen LogP contribution in [0.2, 0.25) is 0 Å². The Balaban J connectivity index is 1.71. The fourth-order valence-corrected chi connectivity index (χ4v) is 3.56. The lowest BCUT2D eigenvalue weighted by atomic mass is 10.2. The minimum Gasteiger partial charge on any atom is -0.490 e. The lowest BCUT2D eigenvalue weighted by molar-refractivity contribution is 0.0942. The number of amides is 1. The summed E-state index contributed by atoms with van der Waals surface area (Å²) >= 11 is 0. The van der Waals surface area contributed by atoms with Crippen LogP contribution in [0.1, 0.15) is 41.9 Å². The summed E-state index contributed by atoms with van der Waals surface area (Å²) in [4.78, 5) is 17.2. The van der Waals surface area contributed by atoms with E-state index in [0.29, 0.717) is 18.8 Å². The molecule has 0 unspecified atom stereocenters. The summed E-state index contributed by atoms with van der Waals surface area (Å²) in [5, 5.41) is 4.00. The zero-order valence-electron chi connectivity index (χ0n) is 17.9. The summed E-state index contributed by atoms with van der Waals surface area (Å²) < 4.78 is 8.22. The Morgan fingerprint density at radius 3 is 2.55 bits per heavy atom. The van der Waals surface area contributed by atoms with Crippen LogP contribution >= 0.6 is 0 Å². The van der Waals surface area contributed by atoms with Crippen LogP contribution in [0.3, 0.4) is 0 Å². The molecule has 0 saturated carbocycles. The average molecular weight is 414 g/mol. The fourth-order valence-electron chi connectivity index (χ4n) is 3.56. The van der Waals surface area contributed by atoms with Crippen molar-refractivity contribution in [2.24, 2.45) is 0 Å². The van der Waals surface area contributed by atoms with Gasteiger partial charge in [-0.25, -0.2) is 0 Å². The van der Waals surface area contributed by atoms with Crippen molar-refractivity contribution in [3.05, 3.63) is 95.9 Å². The highest BCUT2D eigenvalue weighted by molar-refractivity contribution is 6.00. The second-order valence-corrected chi connectivity index (χ2v) is 7.67. The summed E-state index contributed by atoms with van der Waals surface area (Å²) in [5.41, 5.74) is 3.75. The molecule has 2 aromatic carbocycles. The molecule has 0 bridgehead atoms. The van der Waals surface area contributed by atoms with Gasteiger partial charge in [-0.15, -0.1) is 0 Å². The van der Waals surface area contributed by atoms with E-state index in [4.69, 9.17) is 4.74 Å². The fraction of sp³-hybridized carbons (Fsp3) is 0.231. The Kier molecular flexibility index (Phi) is 6.32. The molecule has 0 aliphatic rings. The van der Waals surface area contributed by atoms with Crippen molar-refractivity contribution >= 4 is 16.8 Å². The summed E-state index contributed by atoms with van der Waals surface area (Å²) in [6.07, 6.45) is 4.48. The van der Waals surface area contributed by atoms with Crippen molar-refractivity contribution in [3.8, 4) is 5.75 Å². The Morgan fingerprint density at radius 1 is 1.03 bits per heavy atom.